The van der Waals surface area contributed by atoms with Gasteiger partial charge in [-0.05, 0) is 18.6 Å². The molecule has 1 N–H and O–H groups in total. The Bertz CT molecular complexity index is 1020. The number of hydrogen-bond acceptors (Lipinski definition) is 6. The van der Waals surface area contributed by atoms with E-state index in [9.17, 15) is 4.79 Å². The second-order valence-corrected chi connectivity index (χ2v) is 7.18. The largest absolute Gasteiger partial charge is 0.375 e. The summed E-state index contributed by atoms with van der Waals surface area (Å²) in [6.45, 7) is 1.93. The average Bonchev–Trinajstić information content (AvgIpc) is 3.38. The Hall–Kier alpha value is -2.84. The predicted molar refractivity (Wildman–Crippen MR) is 100 cm³/mol. The van der Waals surface area contributed by atoms with E-state index in [1.807, 2.05) is 31.4 Å². The van der Waals surface area contributed by atoms with Crippen molar-refractivity contribution in [3.8, 4) is 11.3 Å². The van der Waals surface area contributed by atoms with Crippen LogP contribution in [-0.4, -0.2) is 62.4 Å². The third kappa shape index (κ3) is 3.17. The quantitative estimate of drug-likeness (QED) is 0.754. The molecule has 0 aromatic carbocycles. The highest BCUT2D eigenvalue weighted by Gasteiger charge is 2.39. The SMILES string of the molecule is Cn1cc(-c2ccc3cnc(NC(=O)CN4C[C@H]5C[C@@H]4CO5)cc3n2)cn1. The maximum Gasteiger partial charge on any atom is 0.239 e. The Balaban J connectivity index is 1.33. The number of ether oxygens (including phenoxy) is 1. The molecule has 1 amide bonds. The normalized spacial score (nSPS) is 21.8. The number of hydrogen-bond donors (Lipinski definition) is 1. The van der Waals surface area contributed by atoms with E-state index in [1.54, 1.807) is 17.1 Å². The van der Waals surface area contributed by atoms with Gasteiger partial charge in [0.2, 0.25) is 5.91 Å². The first-order chi connectivity index (χ1) is 13.1. The lowest BCUT2D eigenvalue weighted by atomic mass is 10.2. The Morgan fingerprint density at radius 1 is 1.37 bits per heavy atom. The molecule has 2 fully saturated rings. The molecular formula is C19H20N6O2. The summed E-state index contributed by atoms with van der Waals surface area (Å²) in [4.78, 5) is 23.6. The molecule has 27 heavy (non-hydrogen) atoms. The second kappa shape index (κ2) is 6.40. The van der Waals surface area contributed by atoms with Gasteiger partial charge < -0.3 is 10.1 Å². The molecule has 5 heterocycles. The van der Waals surface area contributed by atoms with Crippen molar-refractivity contribution in [1.29, 1.82) is 0 Å². The van der Waals surface area contributed by atoms with Gasteiger partial charge in [-0.3, -0.25) is 14.4 Å². The van der Waals surface area contributed by atoms with Crippen molar-refractivity contribution in [2.75, 3.05) is 25.0 Å². The lowest BCUT2D eigenvalue weighted by Crippen LogP contribution is -2.41. The zero-order valence-corrected chi connectivity index (χ0v) is 15.0. The summed E-state index contributed by atoms with van der Waals surface area (Å²) in [7, 11) is 1.88. The van der Waals surface area contributed by atoms with Gasteiger partial charge in [-0.15, -0.1) is 0 Å². The van der Waals surface area contributed by atoms with Crippen LogP contribution >= 0.6 is 0 Å². The van der Waals surface area contributed by atoms with Gasteiger partial charge in [0, 0.05) is 49.0 Å². The Labute approximate surface area is 156 Å². The first kappa shape index (κ1) is 16.3. The number of carbonyl (C=O) groups is 1. The minimum absolute atomic E-state index is 0.0576. The topological polar surface area (TPSA) is 85.2 Å². The molecule has 0 spiro atoms. The molecule has 0 unspecified atom stereocenters. The summed E-state index contributed by atoms with van der Waals surface area (Å²) in [5, 5.41) is 8.01. The molecule has 2 saturated heterocycles. The van der Waals surface area contributed by atoms with Gasteiger partial charge in [0.05, 0.1) is 36.7 Å². The fourth-order valence-electron chi connectivity index (χ4n) is 3.84. The molecule has 2 bridgehead atoms. The fourth-order valence-corrected chi connectivity index (χ4v) is 3.84. The van der Waals surface area contributed by atoms with Crippen molar-refractivity contribution in [1.82, 2.24) is 24.6 Å². The lowest BCUT2D eigenvalue weighted by molar-refractivity contribution is -0.118. The second-order valence-electron chi connectivity index (χ2n) is 7.18. The molecule has 138 valence electrons. The highest BCUT2D eigenvalue weighted by atomic mass is 16.5. The molecule has 3 aromatic heterocycles. The van der Waals surface area contributed by atoms with Crippen molar-refractivity contribution >= 4 is 22.6 Å². The molecule has 8 nitrogen and oxygen atoms in total. The van der Waals surface area contributed by atoms with Gasteiger partial charge in [-0.1, -0.05) is 0 Å². The zero-order valence-electron chi connectivity index (χ0n) is 15.0. The molecule has 0 radical (unpaired) electrons. The molecule has 2 aliphatic rings. The molecular weight excluding hydrogens is 344 g/mol. The minimum atomic E-state index is -0.0576. The van der Waals surface area contributed by atoms with Crippen LogP contribution in [0, 0.1) is 0 Å². The standard InChI is InChI=1S/C19H20N6O2/c1-24-8-13(7-21-24)16-3-2-12-6-20-18(5-17(12)22-16)23-19(26)10-25-9-15-4-14(25)11-27-15/h2-3,5-8,14-15H,4,9-11H2,1H3,(H,20,23,26)/t14-,15-/m1/s1. The van der Waals surface area contributed by atoms with E-state index in [0.29, 0.717) is 18.4 Å². The van der Waals surface area contributed by atoms with Crippen LogP contribution in [0.2, 0.25) is 0 Å². The average molecular weight is 364 g/mol. The summed E-state index contributed by atoms with van der Waals surface area (Å²) < 4.78 is 7.32. The number of amides is 1. The number of likely N-dealkylation sites (tertiary alicyclic amines) is 1. The van der Waals surface area contributed by atoms with E-state index in [-0.39, 0.29) is 12.0 Å². The Kier molecular flexibility index (Phi) is 3.87. The number of carbonyl (C=O) groups excluding carboxylic acids is 1. The van der Waals surface area contributed by atoms with E-state index in [1.165, 1.54) is 0 Å². The number of nitrogens with zero attached hydrogens (tertiary/aromatic N) is 5. The number of rotatable bonds is 4. The highest BCUT2D eigenvalue weighted by molar-refractivity contribution is 5.93. The smallest absolute Gasteiger partial charge is 0.239 e. The van der Waals surface area contributed by atoms with Gasteiger partial charge in [0.1, 0.15) is 5.82 Å². The van der Waals surface area contributed by atoms with E-state index in [0.717, 1.165) is 41.7 Å². The summed E-state index contributed by atoms with van der Waals surface area (Å²) in [6, 6.07) is 6.11. The van der Waals surface area contributed by atoms with Gasteiger partial charge in [0.25, 0.3) is 0 Å². The summed E-state index contributed by atoms with van der Waals surface area (Å²) in [5.41, 5.74) is 2.58. The Morgan fingerprint density at radius 2 is 2.30 bits per heavy atom. The molecule has 0 saturated carbocycles. The fraction of sp³-hybridized carbons (Fsp3) is 0.368. The monoisotopic (exact) mass is 364 g/mol. The minimum Gasteiger partial charge on any atom is -0.375 e. The first-order valence-electron chi connectivity index (χ1n) is 9.05. The van der Waals surface area contributed by atoms with E-state index >= 15 is 0 Å². The van der Waals surface area contributed by atoms with E-state index in [4.69, 9.17) is 4.74 Å². The van der Waals surface area contributed by atoms with Crippen molar-refractivity contribution in [3.63, 3.8) is 0 Å². The van der Waals surface area contributed by atoms with Crippen LogP contribution in [0.3, 0.4) is 0 Å². The van der Waals surface area contributed by atoms with Crippen LogP contribution in [0.5, 0.6) is 0 Å². The van der Waals surface area contributed by atoms with Crippen LogP contribution < -0.4 is 5.32 Å². The number of aryl methyl sites for hydroxylation is 1. The lowest BCUT2D eigenvalue weighted by Gasteiger charge is -2.25. The van der Waals surface area contributed by atoms with Crippen molar-refractivity contribution in [3.05, 3.63) is 36.8 Å². The molecule has 2 aliphatic heterocycles. The van der Waals surface area contributed by atoms with E-state index < -0.39 is 0 Å². The van der Waals surface area contributed by atoms with Gasteiger partial charge >= 0.3 is 0 Å². The maximum absolute atomic E-state index is 12.4. The van der Waals surface area contributed by atoms with Crippen LogP contribution in [0.4, 0.5) is 5.82 Å². The highest BCUT2D eigenvalue weighted by Crippen LogP contribution is 2.27. The number of pyridine rings is 2. The Morgan fingerprint density at radius 3 is 3.04 bits per heavy atom. The summed E-state index contributed by atoms with van der Waals surface area (Å²) in [5.74, 6) is 0.460. The maximum atomic E-state index is 12.4. The number of anilines is 1. The van der Waals surface area contributed by atoms with Gasteiger partial charge in [0.15, 0.2) is 0 Å². The van der Waals surface area contributed by atoms with Crippen molar-refractivity contribution in [2.24, 2.45) is 7.05 Å². The first-order valence-corrected chi connectivity index (χ1v) is 9.05. The molecule has 2 atom stereocenters. The van der Waals surface area contributed by atoms with Crippen LogP contribution in [0.25, 0.3) is 22.2 Å². The van der Waals surface area contributed by atoms with Crippen molar-refractivity contribution in [2.45, 2.75) is 18.6 Å². The third-order valence-corrected chi connectivity index (χ3v) is 5.20. The van der Waals surface area contributed by atoms with Gasteiger partial charge in [-0.25, -0.2) is 9.97 Å². The summed E-state index contributed by atoms with van der Waals surface area (Å²) in [6.07, 6.45) is 6.76. The number of aromatic nitrogens is 4. The number of nitrogens with one attached hydrogen (secondary N) is 1. The van der Waals surface area contributed by atoms with Crippen molar-refractivity contribution < 1.29 is 9.53 Å². The molecule has 0 aliphatic carbocycles. The predicted octanol–water partition coefficient (Wildman–Crippen LogP) is 1.44. The summed E-state index contributed by atoms with van der Waals surface area (Å²) >= 11 is 0. The molecule has 8 heteroatoms. The zero-order chi connectivity index (χ0) is 18.4. The number of morpholine rings is 1. The number of fused-ring (bicyclic) bond motifs is 3. The molecule has 5 rings (SSSR count). The van der Waals surface area contributed by atoms with Gasteiger partial charge in [-0.2, -0.15) is 5.10 Å². The third-order valence-electron chi connectivity index (χ3n) is 5.20. The van der Waals surface area contributed by atoms with Crippen LogP contribution in [0.1, 0.15) is 6.42 Å². The van der Waals surface area contributed by atoms with Crippen LogP contribution in [0.15, 0.2) is 36.8 Å². The van der Waals surface area contributed by atoms with Crippen LogP contribution in [-0.2, 0) is 16.6 Å². The van der Waals surface area contributed by atoms with E-state index in [2.05, 4.69) is 25.3 Å². The molecule has 3 aromatic rings.